The van der Waals surface area contributed by atoms with E-state index in [1.807, 2.05) is 36.1 Å². The van der Waals surface area contributed by atoms with E-state index in [0.717, 1.165) is 56.8 Å². The van der Waals surface area contributed by atoms with Crippen LogP contribution >= 0.6 is 11.3 Å². The minimum atomic E-state index is -0.229. The van der Waals surface area contributed by atoms with E-state index >= 15 is 0 Å². The Morgan fingerprint density at radius 3 is 2.34 bits per heavy atom. The van der Waals surface area contributed by atoms with Crippen LogP contribution in [-0.2, 0) is 16.0 Å². The Labute approximate surface area is 293 Å². The summed E-state index contributed by atoms with van der Waals surface area (Å²) in [5.74, 6) is 0.874. The zero-order valence-electron chi connectivity index (χ0n) is 28.2. The van der Waals surface area contributed by atoms with Crippen LogP contribution in [0.15, 0.2) is 61.2 Å². The number of nitrogens with zero attached hydrogens (tertiary/aromatic N) is 6. The van der Waals surface area contributed by atoms with Gasteiger partial charge in [-0.3, -0.25) is 14.4 Å². The molecule has 50 heavy (non-hydrogen) atoms. The maximum absolute atomic E-state index is 13.4. The summed E-state index contributed by atoms with van der Waals surface area (Å²) in [6.07, 6.45) is 6.66. The van der Waals surface area contributed by atoms with E-state index in [0.29, 0.717) is 48.1 Å². The van der Waals surface area contributed by atoms with E-state index < -0.39 is 0 Å². The summed E-state index contributed by atoms with van der Waals surface area (Å²) in [5.41, 5.74) is 6.88. The van der Waals surface area contributed by atoms with Gasteiger partial charge in [0.15, 0.2) is 11.6 Å². The number of thiophene rings is 1. The summed E-state index contributed by atoms with van der Waals surface area (Å²) in [7, 11) is 0. The fourth-order valence-corrected chi connectivity index (χ4v) is 7.76. The van der Waals surface area contributed by atoms with Crippen LogP contribution in [0, 0.1) is 6.92 Å². The second-order valence-electron chi connectivity index (χ2n) is 12.5. The van der Waals surface area contributed by atoms with Gasteiger partial charge in [-0.15, -0.1) is 11.3 Å². The maximum atomic E-state index is 13.4. The van der Waals surface area contributed by atoms with Crippen molar-refractivity contribution in [1.29, 1.82) is 0 Å². The summed E-state index contributed by atoms with van der Waals surface area (Å²) in [5, 5.41) is 5.86. The minimum absolute atomic E-state index is 0.0538. The first-order valence-electron chi connectivity index (χ1n) is 16.8. The predicted molar refractivity (Wildman–Crippen MR) is 194 cm³/mol. The zero-order valence-corrected chi connectivity index (χ0v) is 29.0. The van der Waals surface area contributed by atoms with Crippen LogP contribution < -0.4 is 20.4 Å². The monoisotopic (exact) mass is 690 g/mol. The molecule has 0 aliphatic carbocycles. The number of fused-ring (bicyclic) bond motifs is 2. The lowest BCUT2D eigenvalue weighted by Crippen LogP contribution is -2.40. The Bertz CT molecular complexity index is 2060. The number of morpholine rings is 1. The molecule has 0 saturated carbocycles. The zero-order chi connectivity index (χ0) is 34.8. The van der Waals surface area contributed by atoms with Crippen LogP contribution in [0.4, 0.5) is 11.5 Å². The number of carbonyl (C=O) groups is 3. The first kappa shape index (κ1) is 33.2. The molecule has 0 spiro atoms. The van der Waals surface area contributed by atoms with Gasteiger partial charge >= 0.3 is 0 Å². The van der Waals surface area contributed by atoms with E-state index in [1.54, 1.807) is 31.5 Å². The van der Waals surface area contributed by atoms with Crippen molar-refractivity contribution in [3.05, 3.63) is 82.8 Å². The fourth-order valence-electron chi connectivity index (χ4n) is 6.58. The fraction of sp³-hybridized carbons (Fsp3) is 0.324. The Hall–Kier alpha value is -5.27. The number of ether oxygens (including phenoxy) is 1. The highest BCUT2D eigenvalue weighted by Gasteiger charge is 2.27. The summed E-state index contributed by atoms with van der Waals surface area (Å²) >= 11 is 1.37. The lowest BCUT2D eigenvalue weighted by Gasteiger charge is -2.34. The molecule has 1 atom stereocenters. The second-order valence-corrected chi connectivity index (χ2v) is 13.6. The number of carbonyl (C=O) groups excluding carboxylic acids is 3. The molecule has 7 rings (SSSR count). The number of amides is 3. The Balaban J connectivity index is 0.992. The van der Waals surface area contributed by atoms with Gasteiger partial charge in [0.25, 0.3) is 11.8 Å². The Morgan fingerprint density at radius 1 is 0.920 bits per heavy atom. The second kappa shape index (κ2) is 14.3. The quantitative estimate of drug-likeness (QED) is 0.220. The van der Waals surface area contributed by atoms with Crippen molar-refractivity contribution in [3.63, 3.8) is 0 Å². The van der Waals surface area contributed by atoms with Crippen molar-refractivity contribution in [3.8, 4) is 22.5 Å². The van der Waals surface area contributed by atoms with Crippen LogP contribution in [0.3, 0.4) is 0 Å². The summed E-state index contributed by atoms with van der Waals surface area (Å²) in [6, 6.07) is 13.8. The van der Waals surface area contributed by atoms with Crippen molar-refractivity contribution >= 4 is 50.8 Å². The number of aryl methyl sites for hydroxylation is 2. The molecule has 2 N–H and O–H groups in total. The molecule has 5 aromatic rings. The third-order valence-electron chi connectivity index (χ3n) is 9.21. The molecule has 3 aromatic heterocycles. The number of benzene rings is 2. The molecule has 12 nitrogen and oxygen atoms in total. The number of aromatic nitrogens is 4. The molecule has 2 aliphatic rings. The number of anilines is 2. The van der Waals surface area contributed by atoms with Gasteiger partial charge in [0.2, 0.25) is 5.91 Å². The highest BCUT2D eigenvalue weighted by Crippen LogP contribution is 2.38. The highest BCUT2D eigenvalue weighted by molar-refractivity contribution is 7.21. The SMILES string of the molecule is CC(=O)N1c2ccc(-c3ccc(C(=O)NCCNC(=O)c4sc5c(N6CCOCC6)nc(-c6cncnc6)nc5c4C)cc3)cc2CC[C@@H]1C. The van der Waals surface area contributed by atoms with Crippen LogP contribution in [0.5, 0.6) is 0 Å². The first-order valence-corrected chi connectivity index (χ1v) is 17.6. The largest absolute Gasteiger partial charge is 0.378 e. The lowest BCUT2D eigenvalue weighted by atomic mass is 9.93. The van der Waals surface area contributed by atoms with Gasteiger partial charge in [0.1, 0.15) is 6.33 Å². The van der Waals surface area contributed by atoms with Crippen LogP contribution in [0.25, 0.3) is 32.7 Å². The smallest absolute Gasteiger partial charge is 0.261 e. The van der Waals surface area contributed by atoms with Gasteiger partial charge in [-0.1, -0.05) is 18.2 Å². The van der Waals surface area contributed by atoms with Crippen molar-refractivity contribution in [2.45, 2.75) is 39.7 Å². The van der Waals surface area contributed by atoms with Crippen molar-refractivity contribution in [1.82, 2.24) is 30.6 Å². The molecular formula is C37H38N8O4S. The topological polar surface area (TPSA) is 143 Å². The van der Waals surface area contributed by atoms with E-state index in [2.05, 4.69) is 38.5 Å². The number of hydrogen-bond acceptors (Lipinski definition) is 10. The van der Waals surface area contributed by atoms with E-state index in [1.165, 1.54) is 17.7 Å². The Morgan fingerprint density at radius 2 is 1.62 bits per heavy atom. The summed E-state index contributed by atoms with van der Waals surface area (Å²) in [6.45, 7) is 8.68. The van der Waals surface area contributed by atoms with Gasteiger partial charge < -0.3 is 25.2 Å². The van der Waals surface area contributed by atoms with E-state index in [9.17, 15) is 14.4 Å². The highest BCUT2D eigenvalue weighted by atomic mass is 32.1. The maximum Gasteiger partial charge on any atom is 0.261 e. The molecule has 0 unspecified atom stereocenters. The summed E-state index contributed by atoms with van der Waals surface area (Å²) in [4.78, 5) is 61.1. The van der Waals surface area contributed by atoms with Gasteiger partial charge in [0, 0.05) is 62.8 Å². The molecule has 3 amide bonds. The third-order valence-corrected chi connectivity index (χ3v) is 10.5. The van der Waals surface area contributed by atoms with Crippen LogP contribution in [0.2, 0.25) is 0 Å². The normalized spacial score (nSPS) is 15.9. The minimum Gasteiger partial charge on any atom is -0.378 e. The molecule has 2 aliphatic heterocycles. The van der Waals surface area contributed by atoms with Crippen molar-refractivity contribution < 1.29 is 19.1 Å². The molecule has 1 saturated heterocycles. The van der Waals surface area contributed by atoms with Crippen LogP contribution in [-0.4, -0.2) is 83.1 Å². The number of rotatable bonds is 8. The van der Waals surface area contributed by atoms with E-state index in [-0.39, 0.29) is 36.9 Å². The Kier molecular flexibility index (Phi) is 9.50. The molecule has 0 bridgehead atoms. The number of hydrogen-bond donors (Lipinski definition) is 2. The van der Waals surface area contributed by atoms with E-state index in [4.69, 9.17) is 14.7 Å². The molecule has 256 valence electrons. The van der Waals surface area contributed by atoms with Crippen molar-refractivity contribution in [2.75, 3.05) is 49.2 Å². The molecule has 2 aromatic carbocycles. The average molecular weight is 691 g/mol. The standard InChI is InChI=1S/C37H38N8O4S/c1-22-4-5-28-18-27(10-11-30(28)45(22)24(3)46)25-6-8-26(9-7-25)36(47)40-12-13-41-37(48)32-23(2)31-33(50-32)35(44-14-16-49-17-15-44)43-34(42-31)29-19-38-21-39-20-29/h6-11,18-22H,4-5,12-17H2,1-3H3,(H,40,47)(H,41,48)/t22-/m0/s1. The third kappa shape index (κ3) is 6.66. The lowest BCUT2D eigenvalue weighted by molar-refractivity contribution is -0.117. The van der Waals surface area contributed by atoms with Gasteiger partial charge in [0.05, 0.1) is 33.9 Å². The van der Waals surface area contributed by atoms with Gasteiger partial charge in [-0.25, -0.2) is 19.9 Å². The molecular weight excluding hydrogens is 653 g/mol. The van der Waals surface area contributed by atoms with Crippen LogP contribution in [0.1, 0.15) is 51.4 Å². The predicted octanol–water partition coefficient (Wildman–Crippen LogP) is 4.81. The molecule has 13 heteroatoms. The first-order chi connectivity index (χ1) is 24.3. The number of nitrogens with one attached hydrogen (secondary N) is 2. The van der Waals surface area contributed by atoms with Gasteiger partial charge in [-0.05, 0) is 73.2 Å². The van der Waals surface area contributed by atoms with Crippen molar-refractivity contribution in [2.24, 2.45) is 0 Å². The molecule has 0 radical (unpaired) electrons. The van der Waals surface area contributed by atoms with Gasteiger partial charge in [-0.2, -0.15) is 0 Å². The molecule has 1 fully saturated rings. The molecule has 5 heterocycles. The average Bonchev–Trinajstić information content (AvgIpc) is 3.49. The summed E-state index contributed by atoms with van der Waals surface area (Å²) < 4.78 is 6.40.